The van der Waals surface area contributed by atoms with Crippen molar-refractivity contribution in [3.05, 3.63) is 12.4 Å². The molecule has 0 aliphatic carbocycles. The molecule has 0 amide bonds. The average Bonchev–Trinajstić information content (AvgIpc) is 2.80. The van der Waals surface area contributed by atoms with E-state index in [4.69, 9.17) is 4.74 Å². The zero-order valence-electron chi connectivity index (χ0n) is 12.0. The molecule has 1 N–H and O–H groups in total. The summed E-state index contributed by atoms with van der Waals surface area (Å²) in [6.07, 6.45) is 8.61. The number of aromatic nitrogens is 2. The van der Waals surface area contributed by atoms with E-state index in [9.17, 15) is 0 Å². The highest BCUT2D eigenvalue weighted by Gasteiger charge is 2.01. The third kappa shape index (κ3) is 6.05. The molecule has 4 heteroatoms. The molecule has 0 saturated heterocycles. The average molecular weight is 253 g/mol. The van der Waals surface area contributed by atoms with Gasteiger partial charge >= 0.3 is 0 Å². The molecular formula is C14H27N3O. The summed E-state index contributed by atoms with van der Waals surface area (Å²) in [6.45, 7) is 9.25. The SMILES string of the molecule is CCCNC(C)CCCCn1cc(OCC)cn1. The molecule has 0 bridgehead atoms. The molecule has 0 aliphatic rings. The lowest BCUT2D eigenvalue weighted by molar-refractivity contribution is 0.339. The highest BCUT2D eigenvalue weighted by Crippen LogP contribution is 2.09. The molecule has 0 saturated carbocycles. The van der Waals surface area contributed by atoms with Crippen LogP contribution in [0.15, 0.2) is 12.4 Å². The maximum absolute atomic E-state index is 5.38. The smallest absolute Gasteiger partial charge is 0.157 e. The lowest BCUT2D eigenvalue weighted by atomic mass is 10.1. The van der Waals surface area contributed by atoms with E-state index in [-0.39, 0.29) is 0 Å². The van der Waals surface area contributed by atoms with Crippen LogP contribution in [0.5, 0.6) is 5.75 Å². The number of ether oxygens (including phenoxy) is 1. The predicted octanol–water partition coefficient (Wildman–Crippen LogP) is 2.84. The Balaban J connectivity index is 2.09. The number of hydrogen-bond acceptors (Lipinski definition) is 3. The Morgan fingerprint density at radius 1 is 1.39 bits per heavy atom. The van der Waals surface area contributed by atoms with Gasteiger partial charge in [-0.15, -0.1) is 0 Å². The van der Waals surface area contributed by atoms with Gasteiger partial charge in [-0.1, -0.05) is 13.3 Å². The summed E-state index contributed by atoms with van der Waals surface area (Å²) in [5, 5.41) is 7.79. The Morgan fingerprint density at radius 2 is 2.22 bits per heavy atom. The van der Waals surface area contributed by atoms with Crippen LogP contribution in [-0.2, 0) is 6.54 Å². The van der Waals surface area contributed by atoms with E-state index in [1.54, 1.807) is 6.20 Å². The van der Waals surface area contributed by atoms with Crippen LogP contribution < -0.4 is 10.1 Å². The summed E-state index contributed by atoms with van der Waals surface area (Å²) in [6, 6.07) is 0.626. The fourth-order valence-electron chi connectivity index (χ4n) is 1.93. The van der Waals surface area contributed by atoms with E-state index >= 15 is 0 Å². The van der Waals surface area contributed by atoms with Gasteiger partial charge in [-0.3, -0.25) is 4.68 Å². The molecule has 0 aliphatic heterocycles. The molecule has 18 heavy (non-hydrogen) atoms. The van der Waals surface area contributed by atoms with Crippen molar-refractivity contribution in [3.8, 4) is 5.75 Å². The lowest BCUT2D eigenvalue weighted by Gasteiger charge is -2.12. The first-order chi connectivity index (χ1) is 8.76. The second kappa shape index (κ2) is 8.97. The summed E-state index contributed by atoms with van der Waals surface area (Å²) in [5.41, 5.74) is 0. The van der Waals surface area contributed by atoms with E-state index in [0.717, 1.165) is 18.8 Å². The largest absolute Gasteiger partial charge is 0.491 e. The molecule has 1 atom stereocenters. The fourth-order valence-corrected chi connectivity index (χ4v) is 1.93. The molecule has 4 nitrogen and oxygen atoms in total. The lowest BCUT2D eigenvalue weighted by Crippen LogP contribution is -2.26. The van der Waals surface area contributed by atoms with E-state index in [0.29, 0.717) is 12.6 Å². The molecule has 0 aromatic carbocycles. The molecule has 1 heterocycles. The molecule has 0 radical (unpaired) electrons. The second-order valence-electron chi connectivity index (χ2n) is 4.72. The molecular weight excluding hydrogens is 226 g/mol. The summed E-state index contributed by atoms with van der Waals surface area (Å²) in [5.74, 6) is 0.871. The summed E-state index contributed by atoms with van der Waals surface area (Å²) < 4.78 is 7.35. The Hall–Kier alpha value is -1.03. The predicted molar refractivity (Wildman–Crippen MR) is 75.0 cm³/mol. The Kier molecular flexibility index (Phi) is 7.49. The Labute approximate surface area is 111 Å². The van der Waals surface area contributed by atoms with Crippen molar-refractivity contribution >= 4 is 0 Å². The van der Waals surface area contributed by atoms with Crippen molar-refractivity contribution in [2.75, 3.05) is 13.2 Å². The summed E-state index contributed by atoms with van der Waals surface area (Å²) in [7, 11) is 0. The van der Waals surface area contributed by atoms with E-state index in [1.807, 2.05) is 17.8 Å². The summed E-state index contributed by atoms with van der Waals surface area (Å²) >= 11 is 0. The van der Waals surface area contributed by atoms with Crippen molar-refractivity contribution in [2.24, 2.45) is 0 Å². The first kappa shape index (κ1) is 15.0. The number of rotatable bonds is 10. The van der Waals surface area contributed by atoms with Crippen LogP contribution in [0.3, 0.4) is 0 Å². The van der Waals surface area contributed by atoms with E-state index in [2.05, 4.69) is 24.3 Å². The minimum absolute atomic E-state index is 0.626. The maximum Gasteiger partial charge on any atom is 0.157 e. The number of nitrogens with zero attached hydrogens (tertiary/aromatic N) is 2. The molecule has 1 aromatic rings. The van der Waals surface area contributed by atoms with Gasteiger partial charge in [0.25, 0.3) is 0 Å². The maximum atomic E-state index is 5.38. The second-order valence-corrected chi connectivity index (χ2v) is 4.72. The van der Waals surface area contributed by atoms with E-state index in [1.165, 1.54) is 25.7 Å². The third-order valence-corrected chi connectivity index (χ3v) is 2.94. The minimum atomic E-state index is 0.626. The van der Waals surface area contributed by atoms with Gasteiger partial charge in [-0.2, -0.15) is 5.10 Å². The molecule has 1 unspecified atom stereocenters. The highest BCUT2D eigenvalue weighted by molar-refractivity contribution is 5.11. The van der Waals surface area contributed by atoms with Crippen LogP contribution in [0.2, 0.25) is 0 Å². The van der Waals surface area contributed by atoms with Gasteiger partial charge in [0.1, 0.15) is 0 Å². The molecule has 0 fully saturated rings. The number of aryl methyl sites for hydroxylation is 1. The summed E-state index contributed by atoms with van der Waals surface area (Å²) in [4.78, 5) is 0. The van der Waals surface area contributed by atoms with Gasteiger partial charge in [-0.25, -0.2) is 0 Å². The quantitative estimate of drug-likeness (QED) is 0.652. The highest BCUT2D eigenvalue weighted by atomic mass is 16.5. The Morgan fingerprint density at radius 3 is 2.94 bits per heavy atom. The molecule has 0 spiro atoms. The zero-order valence-corrected chi connectivity index (χ0v) is 12.0. The zero-order chi connectivity index (χ0) is 13.2. The van der Waals surface area contributed by atoms with E-state index < -0.39 is 0 Å². The van der Waals surface area contributed by atoms with Gasteiger partial charge in [0.2, 0.25) is 0 Å². The van der Waals surface area contributed by atoms with Crippen molar-refractivity contribution in [1.82, 2.24) is 15.1 Å². The van der Waals surface area contributed by atoms with Crippen molar-refractivity contribution in [1.29, 1.82) is 0 Å². The van der Waals surface area contributed by atoms with Crippen LogP contribution >= 0.6 is 0 Å². The van der Waals surface area contributed by atoms with Crippen LogP contribution in [0, 0.1) is 0 Å². The van der Waals surface area contributed by atoms with Gasteiger partial charge in [0.15, 0.2) is 5.75 Å². The number of hydrogen-bond donors (Lipinski definition) is 1. The van der Waals surface area contributed by atoms with Crippen LogP contribution in [-0.4, -0.2) is 29.0 Å². The van der Waals surface area contributed by atoms with Gasteiger partial charge < -0.3 is 10.1 Å². The van der Waals surface area contributed by atoms with Gasteiger partial charge in [-0.05, 0) is 39.7 Å². The van der Waals surface area contributed by atoms with Crippen LogP contribution in [0.1, 0.15) is 46.5 Å². The first-order valence-electron chi connectivity index (χ1n) is 7.14. The minimum Gasteiger partial charge on any atom is -0.491 e. The van der Waals surface area contributed by atoms with Crippen LogP contribution in [0.4, 0.5) is 0 Å². The molecule has 1 rings (SSSR count). The first-order valence-corrected chi connectivity index (χ1v) is 7.14. The Bertz CT molecular complexity index is 312. The van der Waals surface area contributed by atoms with Crippen molar-refractivity contribution < 1.29 is 4.74 Å². The molecule has 1 aromatic heterocycles. The van der Waals surface area contributed by atoms with Gasteiger partial charge in [0, 0.05) is 12.6 Å². The fraction of sp³-hybridized carbons (Fsp3) is 0.786. The number of unbranched alkanes of at least 4 members (excludes halogenated alkanes) is 1. The monoisotopic (exact) mass is 253 g/mol. The van der Waals surface area contributed by atoms with Gasteiger partial charge in [0.05, 0.1) is 19.0 Å². The topological polar surface area (TPSA) is 39.1 Å². The third-order valence-electron chi connectivity index (χ3n) is 2.94. The van der Waals surface area contributed by atoms with Crippen molar-refractivity contribution in [2.45, 2.75) is 59.0 Å². The standard InChI is InChI=1S/C14H27N3O/c1-4-9-15-13(3)8-6-7-10-17-12-14(11-16-17)18-5-2/h11-13,15H,4-10H2,1-3H3. The van der Waals surface area contributed by atoms with Crippen LogP contribution in [0.25, 0.3) is 0 Å². The normalized spacial score (nSPS) is 12.6. The van der Waals surface area contributed by atoms with Crippen molar-refractivity contribution in [3.63, 3.8) is 0 Å². The number of nitrogens with one attached hydrogen (secondary N) is 1. The molecule has 104 valence electrons.